The number of hydrogen-bond donors (Lipinski definition) is 1. The highest BCUT2D eigenvalue weighted by atomic mass is 19.1. The average Bonchev–Trinajstić information content (AvgIpc) is 3.45. The number of benzene rings is 1. The molecule has 31 heavy (non-hydrogen) atoms. The van der Waals surface area contributed by atoms with Crippen LogP contribution in [0.4, 0.5) is 4.39 Å². The quantitative estimate of drug-likeness (QED) is 0.670. The highest BCUT2D eigenvalue weighted by Gasteiger charge is 2.32. The molecule has 0 spiro atoms. The van der Waals surface area contributed by atoms with Crippen LogP contribution in [0.2, 0.25) is 0 Å². The molecule has 4 heterocycles. The van der Waals surface area contributed by atoms with Gasteiger partial charge in [-0.15, -0.1) is 5.10 Å². The first-order chi connectivity index (χ1) is 15.2. The van der Waals surface area contributed by atoms with Crippen LogP contribution in [0.15, 0.2) is 24.4 Å². The summed E-state index contributed by atoms with van der Waals surface area (Å²) < 4.78 is 20.7. The minimum absolute atomic E-state index is 0.144. The van der Waals surface area contributed by atoms with Crippen LogP contribution in [0.5, 0.6) is 0 Å². The van der Waals surface area contributed by atoms with E-state index in [1.165, 1.54) is 12.1 Å². The summed E-state index contributed by atoms with van der Waals surface area (Å²) in [4.78, 5) is 25.2. The Labute approximate surface area is 179 Å². The third-order valence-corrected chi connectivity index (χ3v) is 6.05. The number of aromatic amines is 1. The summed E-state index contributed by atoms with van der Waals surface area (Å²) in [6.07, 6.45) is 4.47. The number of imidazole rings is 1. The molecule has 10 heteroatoms. The van der Waals surface area contributed by atoms with E-state index in [2.05, 4.69) is 25.2 Å². The van der Waals surface area contributed by atoms with Gasteiger partial charge in [0, 0.05) is 26.2 Å². The first-order valence-electron chi connectivity index (χ1n) is 10.8. The number of hydrogen-bond acceptors (Lipinski definition) is 6. The fourth-order valence-electron chi connectivity index (χ4n) is 4.34. The highest BCUT2D eigenvalue weighted by molar-refractivity contribution is 5.92. The third kappa shape index (κ3) is 4.31. The number of H-pyrrole nitrogens is 1. The maximum absolute atomic E-state index is 13.6. The molecule has 2 aliphatic rings. The molecular formula is C21H26FN7O2. The summed E-state index contributed by atoms with van der Waals surface area (Å²) in [7, 11) is 0. The molecule has 1 aromatic carbocycles. The van der Waals surface area contributed by atoms with Gasteiger partial charge in [-0.1, -0.05) is 5.21 Å². The number of halogens is 1. The second-order valence-electron chi connectivity index (χ2n) is 8.11. The molecule has 0 saturated carbocycles. The van der Waals surface area contributed by atoms with E-state index in [1.54, 1.807) is 16.9 Å². The number of ether oxygens (including phenoxy) is 1. The molecule has 0 aliphatic carbocycles. The zero-order valence-corrected chi connectivity index (χ0v) is 17.3. The Morgan fingerprint density at radius 1 is 1.19 bits per heavy atom. The minimum Gasteiger partial charge on any atom is -0.379 e. The zero-order chi connectivity index (χ0) is 21.2. The molecule has 5 rings (SSSR count). The predicted octanol–water partition coefficient (Wildman–Crippen LogP) is 1.99. The number of morpholine rings is 1. The second kappa shape index (κ2) is 8.72. The minimum atomic E-state index is -0.312. The molecule has 1 atom stereocenters. The van der Waals surface area contributed by atoms with Crippen LogP contribution >= 0.6 is 0 Å². The SMILES string of the molecule is O=C(c1cn(CCN2CCOCC2)nn1)N1CCCCC1c1nc2ccc(F)cc2[nH]1. The van der Waals surface area contributed by atoms with E-state index in [0.29, 0.717) is 35.6 Å². The van der Waals surface area contributed by atoms with Crippen molar-refractivity contribution in [1.82, 2.24) is 34.8 Å². The van der Waals surface area contributed by atoms with Gasteiger partial charge in [0.15, 0.2) is 5.69 Å². The van der Waals surface area contributed by atoms with Crippen LogP contribution in [-0.4, -0.2) is 80.1 Å². The van der Waals surface area contributed by atoms with Crippen LogP contribution in [-0.2, 0) is 11.3 Å². The van der Waals surface area contributed by atoms with E-state index < -0.39 is 0 Å². The number of piperidine rings is 1. The Morgan fingerprint density at radius 2 is 2.06 bits per heavy atom. The molecule has 2 aliphatic heterocycles. The number of carbonyl (C=O) groups excluding carboxylic acids is 1. The van der Waals surface area contributed by atoms with E-state index >= 15 is 0 Å². The summed E-state index contributed by atoms with van der Waals surface area (Å²) in [5, 5.41) is 8.29. The molecule has 0 radical (unpaired) electrons. The lowest BCUT2D eigenvalue weighted by molar-refractivity contribution is 0.0359. The van der Waals surface area contributed by atoms with Gasteiger partial charge in [-0.3, -0.25) is 14.4 Å². The monoisotopic (exact) mass is 427 g/mol. The van der Waals surface area contributed by atoms with Crippen molar-refractivity contribution in [2.45, 2.75) is 31.8 Å². The van der Waals surface area contributed by atoms with Crippen LogP contribution in [0.3, 0.4) is 0 Å². The van der Waals surface area contributed by atoms with Gasteiger partial charge in [0.05, 0.1) is 43.0 Å². The fraction of sp³-hybridized carbons (Fsp3) is 0.524. The number of rotatable bonds is 5. The van der Waals surface area contributed by atoms with E-state index in [1.807, 2.05) is 4.90 Å². The van der Waals surface area contributed by atoms with Crippen molar-refractivity contribution in [3.63, 3.8) is 0 Å². The van der Waals surface area contributed by atoms with Crippen molar-refractivity contribution in [3.05, 3.63) is 41.7 Å². The molecule has 164 valence electrons. The molecule has 2 aromatic heterocycles. The summed E-state index contributed by atoms with van der Waals surface area (Å²) in [5.74, 6) is 0.232. The first-order valence-corrected chi connectivity index (χ1v) is 10.8. The molecule has 0 bridgehead atoms. The van der Waals surface area contributed by atoms with Gasteiger partial charge in [0.2, 0.25) is 0 Å². The van der Waals surface area contributed by atoms with Gasteiger partial charge in [0.1, 0.15) is 11.6 Å². The highest BCUT2D eigenvalue weighted by Crippen LogP contribution is 2.31. The standard InChI is InChI=1S/C21H26FN7O2/c22-15-4-5-16-17(13-15)24-20(23-16)19-3-1-2-6-29(19)21(30)18-14-28(26-25-18)8-7-27-9-11-31-12-10-27/h4-5,13-14,19H,1-3,6-12H2,(H,23,24). The Morgan fingerprint density at radius 3 is 2.94 bits per heavy atom. The predicted molar refractivity (Wildman–Crippen MR) is 111 cm³/mol. The van der Waals surface area contributed by atoms with Gasteiger partial charge in [-0.25, -0.2) is 9.37 Å². The summed E-state index contributed by atoms with van der Waals surface area (Å²) in [5.41, 5.74) is 1.68. The van der Waals surface area contributed by atoms with E-state index in [9.17, 15) is 9.18 Å². The first kappa shape index (κ1) is 20.1. The van der Waals surface area contributed by atoms with Crippen molar-refractivity contribution in [2.75, 3.05) is 39.4 Å². The number of fused-ring (bicyclic) bond motifs is 1. The molecule has 2 saturated heterocycles. The van der Waals surface area contributed by atoms with E-state index in [4.69, 9.17) is 4.74 Å². The Kier molecular flexibility index (Phi) is 5.65. The Hall–Kier alpha value is -2.85. The van der Waals surface area contributed by atoms with Gasteiger partial charge in [-0.2, -0.15) is 0 Å². The van der Waals surface area contributed by atoms with Crippen LogP contribution in [0.1, 0.15) is 41.6 Å². The normalized spacial score (nSPS) is 20.4. The van der Waals surface area contributed by atoms with Crippen LogP contribution in [0, 0.1) is 5.82 Å². The van der Waals surface area contributed by atoms with Crippen LogP contribution in [0.25, 0.3) is 11.0 Å². The van der Waals surface area contributed by atoms with Crippen molar-refractivity contribution in [1.29, 1.82) is 0 Å². The largest absolute Gasteiger partial charge is 0.379 e. The number of aromatic nitrogens is 5. The Bertz CT molecular complexity index is 1060. The summed E-state index contributed by atoms with van der Waals surface area (Å²) in [6, 6.07) is 4.29. The summed E-state index contributed by atoms with van der Waals surface area (Å²) in [6.45, 7) is 5.50. The number of nitrogens with zero attached hydrogens (tertiary/aromatic N) is 6. The van der Waals surface area contributed by atoms with E-state index in [0.717, 1.165) is 52.1 Å². The molecule has 3 aromatic rings. The molecule has 2 fully saturated rings. The smallest absolute Gasteiger partial charge is 0.276 e. The lowest BCUT2D eigenvalue weighted by atomic mass is 10.0. The zero-order valence-electron chi connectivity index (χ0n) is 17.3. The molecule has 9 nitrogen and oxygen atoms in total. The van der Waals surface area contributed by atoms with E-state index in [-0.39, 0.29) is 17.8 Å². The molecule has 1 amide bonds. The molecule has 1 N–H and O–H groups in total. The third-order valence-electron chi connectivity index (χ3n) is 6.05. The van der Waals surface area contributed by atoms with Crippen molar-refractivity contribution >= 4 is 16.9 Å². The Balaban J connectivity index is 1.30. The van der Waals surface area contributed by atoms with Gasteiger partial charge in [0.25, 0.3) is 5.91 Å². The average molecular weight is 427 g/mol. The maximum atomic E-state index is 13.6. The van der Waals surface area contributed by atoms with Crippen molar-refractivity contribution in [2.24, 2.45) is 0 Å². The fourth-order valence-corrected chi connectivity index (χ4v) is 4.34. The molecular weight excluding hydrogens is 401 g/mol. The lowest BCUT2D eigenvalue weighted by Gasteiger charge is -2.33. The van der Waals surface area contributed by atoms with Crippen LogP contribution < -0.4 is 0 Å². The number of nitrogens with one attached hydrogen (secondary N) is 1. The van der Waals surface area contributed by atoms with Crippen molar-refractivity contribution in [3.8, 4) is 0 Å². The topological polar surface area (TPSA) is 92.2 Å². The van der Waals surface area contributed by atoms with Crippen molar-refractivity contribution < 1.29 is 13.9 Å². The second-order valence-corrected chi connectivity index (χ2v) is 8.11. The number of likely N-dealkylation sites (tertiary alicyclic amines) is 1. The lowest BCUT2D eigenvalue weighted by Crippen LogP contribution is -2.39. The van der Waals surface area contributed by atoms with Gasteiger partial charge in [-0.05, 0) is 37.5 Å². The number of carbonyl (C=O) groups is 1. The van der Waals surface area contributed by atoms with Gasteiger partial charge < -0.3 is 14.6 Å². The van der Waals surface area contributed by atoms with Gasteiger partial charge >= 0.3 is 0 Å². The number of amides is 1. The maximum Gasteiger partial charge on any atom is 0.276 e. The summed E-state index contributed by atoms with van der Waals surface area (Å²) >= 11 is 0. The molecule has 1 unspecified atom stereocenters.